The van der Waals surface area contributed by atoms with E-state index in [0.29, 0.717) is 11.3 Å². The van der Waals surface area contributed by atoms with Crippen LogP contribution in [-0.2, 0) is 0 Å². The Morgan fingerprint density at radius 2 is 2.06 bits per heavy atom. The molecule has 0 spiro atoms. The van der Waals surface area contributed by atoms with Gasteiger partial charge in [0, 0.05) is 11.6 Å². The maximum absolute atomic E-state index is 14.1. The molecule has 1 atom stereocenters. The summed E-state index contributed by atoms with van der Waals surface area (Å²) >= 11 is 6.59. The lowest BCUT2D eigenvalue weighted by molar-refractivity contribution is 0.267. The molecule has 1 nitrogen and oxygen atoms in total. The fourth-order valence-electron chi connectivity index (χ4n) is 3.04. The largest absolute Gasteiger partial charge is 0.497 e. The standard InChI is InChI=1S/C15H20ClFO/c1-3-15(8-4-5-9-15)14(16)12-7-6-11(18-2)10-13(12)17/h6-7,10,14H,3-5,8-9H2,1-2H3. The SMILES string of the molecule is CCC1(C(Cl)c2ccc(OC)cc2F)CCCC1. The van der Waals surface area contributed by atoms with Crippen molar-refractivity contribution in [2.24, 2.45) is 5.41 Å². The zero-order valence-electron chi connectivity index (χ0n) is 11.0. The first kappa shape index (κ1) is 13.7. The number of alkyl halides is 1. The van der Waals surface area contributed by atoms with Crippen molar-refractivity contribution in [1.82, 2.24) is 0 Å². The minimum atomic E-state index is -0.255. The topological polar surface area (TPSA) is 9.23 Å². The van der Waals surface area contributed by atoms with Gasteiger partial charge >= 0.3 is 0 Å². The molecule has 0 aromatic heterocycles. The number of halogens is 2. The predicted octanol–water partition coefficient (Wildman–Crippen LogP) is 5.08. The summed E-state index contributed by atoms with van der Waals surface area (Å²) in [6.07, 6.45) is 5.61. The average molecular weight is 271 g/mol. The van der Waals surface area contributed by atoms with Crippen molar-refractivity contribution in [3.05, 3.63) is 29.6 Å². The Hall–Kier alpha value is -0.760. The van der Waals surface area contributed by atoms with E-state index in [1.807, 2.05) is 0 Å². The van der Waals surface area contributed by atoms with Crippen LogP contribution in [0.1, 0.15) is 50.0 Å². The first-order chi connectivity index (χ1) is 8.63. The van der Waals surface area contributed by atoms with Crippen LogP contribution < -0.4 is 4.74 Å². The van der Waals surface area contributed by atoms with E-state index in [0.717, 1.165) is 19.3 Å². The van der Waals surface area contributed by atoms with Crippen LogP contribution in [0.3, 0.4) is 0 Å². The van der Waals surface area contributed by atoms with Crippen LogP contribution in [0.15, 0.2) is 18.2 Å². The highest BCUT2D eigenvalue weighted by Gasteiger charge is 2.40. The number of ether oxygens (including phenoxy) is 1. The van der Waals surface area contributed by atoms with Gasteiger partial charge in [-0.2, -0.15) is 0 Å². The Balaban J connectivity index is 2.30. The Morgan fingerprint density at radius 1 is 1.39 bits per heavy atom. The molecule has 2 rings (SSSR count). The lowest BCUT2D eigenvalue weighted by atomic mass is 9.77. The zero-order valence-corrected chi connectivity index (χ0v) is 11.8. The highest BCUT2D eigenvalue weighted by Crippen LogP contribution is 2.53. The minimum Gasteiger partial charge on any atom is -0.497 e. The van der Waals surface area contributed by atoms with Gasteiger partial charge in [-0.05, 0) is 30.7 Å². The normalized spacial score (nSPS) is 19.8. The monoisotopic (exact) mass is 270 g/mol. The number of methoxy groups -OCH3 is 1. The van der Waals surface area contributed by atoms with Crippen molar-refractivity contribution in [2.45, 2.75) is 44.4 Å². The van der Waals surface area contributed by atoms with Gasteiger partial charge in [-0.3, -0.25) is 0 Å². The molecule has 100 valence electrons. The predicted molar refractivity (Wildman–Crippen MR) is 72.7 cm³/mol. The summed E-state index contributed by atoms with van der Waals surface area (Å²) < 4.78 is 19.1. The second-order valence-corrected chi connectivity index (χ2v) is 5.61. The summed E-state index contributed by atoms with van der Waals surface area (Å²) in [6, 6.07) is 4.97. The van der Waals surface area contributed by atoms with Crippen molar-refractivity contribution in [1.29, 1.82) is 0 Å². The van der Waals surface area contributed by atoms with Crippen LogP contribution in [-0.4, -0.2) is 7.11 Å². The summed E-state index contributed by atoms with van der Waals surface area (Å²) in [5.41, 5.74) is 0.679. The Labute approximate surface area is 113 Å². The molecule has 0 saturated heterocycles. The Morgan fingerprint density at radius 3 is 2.56 bits per heavy atom. The molecule has 0 radical (unpaired) electrons. The van der Waals surface area contributed by atoms with Gasteiger partial charge in [0.2, 0.25) is 0 Å². The van der Waals surface area contributed by atoms with Crippen molar-refractivity contribution < 1.29 is 9.13 Å². The molecule has 1 aromatic carbocycles. The van der Waals surface area contributed by atoms with E-state index in [4.69, 9.17) is 16.3 Å². The Kier molecular flexibility index (Phi) is 4.16. The molecular formula is C15H20ClFO. The van der Waals surface area contributed by atoms with Crippen molar-refractivity contribution >= 4 is 11.6 Å². The van der Waals surface area contributed by atoms with Gasteiger partial charge in [0.05, 0.1) is 12.5 Å². The molecule has 1 aliphatic rings. The van der Waals surface area contributed by atoms with Gasteiger partial charge in [0.1, 0.15) is 11.6 Å². The molecule has 18 heavy (non-hydrogen) atoms. The van der Waals surface area contributed by atoms with Gasteiger partial charge in [-0.15, -0.1) is 11.6 Å². The molecule has 0 heterocycles. The third-order valence-electron chi connectivity index (χ3n) is 4.32. The number of hydrogen-bond acceptors (Lipinski definition) is 1. The molecule has 1 unspecified atom stereocenters. The highest BCUT2D eigenvalue weighted by atomic mass is 35.5. The van der Waals surface area contributed by atoms with Gasteiger partial charge in [0.25, 0.3) is 0 Å². The highest BCUT2D eigenvalue weighted by molar-refractivity contribution is 6.21. The molecule has 1 saturated carbocycles. The third-order valence-corrected chi connectivity index (χ3v) is 5.02. The zero-order chi connectivity index (χ0) is 13.2. The molecule has 0 aliphatic heterocycles. The van der Waals surface area contributed by atoms with Crippen LogP contribution in [0.4, 0.5) is 4.39 Å². The van der Waals surface area contributed by atoms with Crippen LogP contribution in [0.2, 0.25) is 0 Å². The van der Waals surface area contributed by atoms with Crippen molar-refractivity contribution in [2.75, 3.05) is 7.11 Å². The van der Waals surface area contributed by atoms with E-state index in [9.17, 15) is 4.39 Å². The van der Waals surface area contributed by atoms with Crippen molar-refractivity contribution in [3.8, 4) is 5.75 Å². The summed E-state index contributed by atoms with van der Waals surface area (Å²) in [5, 5.41) is -0.240. The second kappa shape index (κ2) is 5.48. The number of benzene rings is 1. The van der Waals surface area contributed by atoms with Crippen LogP contribution in [0.5, 0.6) is 5.75 Å². The quantitative estimate of drug-likeness (QED) is 0.693. The average Bonchev–Trinajstić information content (AvgIpc) is 2.87. The fourth-order valence-corrected chi connectivity index (χ4v) is 3.59. The number of rotatable bonds is 4. The van der Waals surface area contributed by atoms with Gasteiger partial charge < -0.3 is 4.74 Å². The lowest BCUT2D eigenvalue weighted by Crippen LogP contribution is -2.22. The van der Waals surface area contributed by atoms with Crippen LogP contribution in [0, 0.1) is 11.2 Å². The van der Waals surface area contributed by atoms with E-state index in [1.54, 1.807) is 12.1 Å². The summed E-state index contributed by atoms with van der Waals surface area (Å²) in [4.78, 5) is 0. The third kappa shape index (κ3) is 2.35. The molecule has 1 aromatic rings. The first-order valence-corrected chi connectivity index (χ1v) is 7.04. The maximum atomic E-state index is 14.1. The van der Waals surface area contributed by atoms with Crippen molar-refractivity contribution in [3.63, 3.8) is 0 Å². The van der Waals surface area contributed by atoms with E-state index < -0.39 is 0 Å². The van der Waals surface area contributed by atoms with E-state index in [2.05, 4.69) is 6.92 Å². The van der Waals surface area contributed by atoms with Gasteiger partial charge in [-0.1, -0.05) is 25.8 Å². The second-order valence-electron chi connectivity index (χ2n) is 5.17. The van der Waals surface area contributed by atoms with Crippen LogP contribution in [0.25, 0.3) is 0 Å². The summed E-state index contributed by atoms with van der Waals surface area (Å²) in [6.45, 7) is 2.15. The molecule has 3 heteroatoms. The lowest BCUT2D eigenvalue weighted by Gasteiger charge is -2.33. The van der Waals surface area contributed by atoms with E-state index in [-0.39, 0.29) is 16.6 Å². The molecule has 0 N–H and O–H groups in total. The molecular weight excluding hydrogens is 251 g/mol. The Bertz CT molecular complexity index is 413. The first-order valence-electron chi connectivity index (χ1n) is 6.60. The molecule has 1 aliphatic carbocycles. The summed E-state index contributed by atoms with van der Waals surface area (Å²) in [5.74, 6) is 0.283. The number of hydrogen-bond donors (Lipinski definition) is 0. The smallest absolute Gasteiger partial charge is 0.131 e. The minimum absolute atomic E-state index is 0.0665. The van der Waals surface area contributed by atoms with E-state index in [1.165, 1.54) is 26.0 Å². The van der Waals surface area contributed by atoms with Gasteiger partial charge in [-0.25, -0.2) is 4.39 Å². The fraction of sp³-hybridized carbons (Fsp3) is 0.600. The maximum Gasteiger partial charge on any atom is 0.131 e. The van der Waals surface area contributed by atoms with E-state index >= 15 is 0 Å². The van der Waals surface area contributed by atoms with Crippen LogP contribution >= 0.6 is 11.6 Å². The van der Waals surface area contributed by atoms with Gasteiger partial charge in [0.15, 0.2) is 0 Å². The summed E-state index contributed by atoms with van der Waals surface area (Å²) in [7, 11) is 1.54. The molecule has 0 amide bonds. The molecule has 1 fully saturated rings. The molecule has 0 bridgehead atoms.